The number of benzene rings is 2. The van der Waals surface area contributed by atoms with Crippen LogP contribution in [0.15, 0.2) is 83.2 Å². The number of rotatable bonds is 7. The topological polar surface area (TPSA) is 17.1 Å². The molecule has 0 saturated carbocycles. The van der Waals surface area contributed by atoms with Crippen LogP contribution < -0.4 is 10.6 Å². The summed E-state index contributed by atoms with van der Waals surface area (Å²) in [6.07, 6.45) is 5.43. The van der Waals surface area contributed by atoms with Crippen molar-refractivity contribution < 1.29 is 4.57 Å². The first kappa shape index (κ1) is 19.5. The smallest absolute Gasteiger partial charge is 0.170 e. The fourth-order valence-electron chi connectivity index (χ4n) is 2.92. The molecule has 0 atom stereocenters. The summed E-state index contributed by atoms with van der Waals surface area (Å²) in [5, 5.41) is 2.81. The molecular formula is C23H29OP. The third-order valence-corrected chi connectivity index (χ3v) is 7.86. The fourth-order valence-corrected chi connectivity index (χ4v) is 6.04. The van der Waals surface area contributed by atoms with E-state index >= 15 is 0 Å². The molecule has 0 heterocycles. The molecule has 0 aromatic heterocycles. The molecule has 0 spiro atoms. The summed E-state index contributed by atoms with van der Waals surface area (Å²) in [6.45, 7) is 8.49. The van der Waals surface area contributed by atoms with Gasteiger partial charge in [0.15, 0.2) is 7.14 Å². The predicted molar refractivity (Wildman–Crippen MR) is 111 cm³/mol. The van der Waals surface area contributed by atoms with Crippen LogP contribution in [0.5, 0.6) is 0 Å². The fraction of sp³-hybridized carbons (Fsp3) is 0.304. The van der Waals surface area contributed by atoms with Crippen molar-refractivity contribution >= 4 is 17.8 Å². The van der Waals surface area contributed by atoms with E-state index in [-0.39, 0.29) is 0 Å². The van der Waals surface area contributed by atoms with Crippen LogP contribution in [0.2, 0.25) is 0 Å². The summed E-state index contributed by atoms with van der Waals surface area (Å²) < 4.78 is 14.6. The van der Waals surface area contributed by atoms with E-state index in [9.17, 15) is 4.57 Å². The molecular weight excluding hydrogens is 323 g/mol. The Hall–Kier alpha value is -1.85. The first-order valence-corrected chi connectivity index (χ1v) is 10.8. The van der Waals surface area contributed by atoms with Crippen molar-refractivity contribution in [3.8, 4) is 0 Å². The van der Waals surface area contributed by atoms with Crippen LogP contribution in [0.3, 0.4) is 0 Å². The second-order valence-electron chi connectivity index (χ2n) is 6.64. The Bertz CT molecular complexity index is 738. The molecule has 2 heteroatoms. The van der Waals surface area contributed by atoms with Crippen molar-refractivity contribution in [1.82, 2.24) is 0 Å². The van der Waals surface area contributed by atoms with Gasteiger partial charge in [0.25, 0.3) is 0 Å². The second kappa shape index (κ2) is 9.02. The molecule has 0 aliphatic carbocycles. The zero-order valence-electron chi connectivity index (χ0n) is 15.8. The van der Waals surface area contributed by atoms with Crippen molar-refractivity contribution in [3.63, 3.8) is 0 Å². The third kappa shape index (κ3) is 4.41. The number of allylic oxidation sites excluding steroid dienone is 4. The van der Waals surface area contributed by atoms with Crippen LogP contribution in [-0.2, 0) is 4.57 Å². The van der Waals surface area contributed by atoms with Gasteiger partial charge in [0, 0.05) is 15.9 Å². The van der Waals surface area contributed by atoms with E-state index in [1.165, 1.54) is 5.57 Å². The molecule has 2 rings (SSSR count). The van der Waals surface area contributed by atoms with Crippen LogP contribution in [-0.4, -0.2) is 0 Å². The van der Waals surface area contributed by atoms with Crippen LogP contribution in [0.1, 0.15) is 47.0 Å². The van der Waals surface area contributed by atoms with E-state index in [0.29, 0.717) is 0 Å². The molecule has 0 amide bonds. The molecule has 0 fully saturated rings. The Morgan fingerprint density at radius 3 is 1.76 bits per heavy atom. The third-order valence-electron chi connectivity index (χ3n) is 4.61. The molecule has 0 N–H and O–H groups in total. The minimum absolute atomic E-state index is 0.907. The van der Waals surface area contributed by atoms with Gasteiger partial charge in [0.1, 0.15) is 0 Å². The van der Waals surface area contributed by atoms with Gasteiger partial charge in [-0.2, -0.15) is 0 Å². The van der Waals surface area contributed by atoms with Gasteiger partial charge in [0.2, 0.25) is 0 Å². The lowest BCUT2D eigenvalue weighted by atomic mass is 10.1. The molecule has 0 aliphatic heterocycles. The second-order valence-corrected chi connectivity index (χ2v) is 9.37. The van der Waals surface area contributed by atoms with E-state index < -0.39 is 7.14 Å². The standard InChI is InChI=1S/C23H29OP/c1-5-6-9-18-23(20(4)19(2)3)25(24,21-14-10-7-11-15-21)22-16-12-8-13-17-22/h7-8,10-18H,5-6,9H2,1-4H3/b23-18-. The van der Waals surface area contributed by atoms with Crippen LogP contribution in [0, 0.1) is 0 Å². The molecule has 1 nitrogen and oxygen atoms in total. The molecule has 0 radical (unpaired) electrons. The highest BCUT2D eigenvalue weighted by molar-refractivity contribution is 7.82. The Morgan fingerprint density at radius 2 is 1.36 bits per heavy atom. The lowest BCUT2D eigenvalue weighted by Crippen LogP contribution is -2.18. The molecule has 0 aliphatic rings. The zero-order valence-corrected chi connectivity index (χ0v) is 16.7. The van der Waals surface area contributed by atoms with E-state index in [0.717, 1.165) is 40.8 Å². The summed E-state index contributed by atoms with van der Waals surface area (Å²) in [4.78, 5) is 0. The highest BCUT2D eigenvalue weighted by Gasteiger charge is 2.32. The Morgan fingerprint density at radius 1 is 0.880 bits per heavy atom. The summed E-state index contributed by atoms with van der Waals surface area (Å²) in [5.41, 5.74) is 2.36. The van der Waals surface area contributed by atoms with Crippen molar-refractivity contribution in [1.29, 1.82) is 0 Å². The van der Waals surface area contributed by atoms with Gasteiger partial charge in [-0.25, -0.2) is 0 Å². The van der Waals surface area contributed by atoms with Gasteiger partial charge in [-0.05, 0) is 32.8 Å². The van der Waals surface area contributed by atoms with E-state index in [4.69, 9.17) is 0 Å². The lowest BCUT2D eigenvalue weighted by molar-refractivity contribution is 0.590. The SMILES string of the molecule is CCCC/C=C(/C(C)=C(C)C)P(=O)(c1ccccc1)c1ccccc1. The molecule has 0 saturated heterocycles. The van der Waals surface area contributed by atoms with Crippen molar-refractivity contribution in [2.45, 2.75) is 47.0 Å². The number of hydrogen-bond donors (Lipinski definition) is 0. The molecule has 2 aromatic rings. The first-order valence-electron chi connectivity index (χ1n) is 9.08. The quantitative estimate of drug-likeness (QED) is 0.319. The van der Waals surface area contributed by atoms with E-state index in [1.807, 2.05) is 60.7 Å². The molecule has 25 heavy (non-hydrogen) atoms. The van der Waals surface area contributed by atoms with Gasteiger partial charge >= 0.3 is 0 Å². The summed E-state index contributed by atoms with van der Waals surface area (Å²) >= 11 is 0. The van der Waals surface area contributed by atoms with Crippen molar-refractivity contribution in [2.75, 3.05) is 0 Å². The van der Waals surface area contributed by atoms with Crippen LogP contribution in [0.4, 0.5) is 0 Å². The van der Waals surface area contributed by atoms with Crippen LogP contribution in [0.25, 0.3) is 0 Å². The summed E-state index contributed by atoms with van der Waals surface area (Å²) in [6, 6.07) is 19.9. The lowest BCUT2D eigenvalue weighted by Gasteiger charge is -2.24. The Kier molecular flexibility index (Phi) is 7.02. The Balaban J connectivity index is 2.74. The maximum atomic E-state index is 14.6. The van der Waals surface area contributed by atoms with Crippen molar-refractivity contribution in [2.24, 2.45) is 0 Å². The highest BCUT2D eigenvalue weighted by atomic mass is 31.2. The van der Waals surface area contributed by atoms with Gasteiger partial charge in [-0.3, -0.25) is 0 Å². The number of hydrogen-bond acceptors (Lipinski definition) is 1. The molecule has 0 unspecified atom stereocenters. The van der Waals surface area contributed by atoms with E-state index in [2.05, 4.69) is 33.8 Å². The highest BCUT2D eigenvalue weighted by Crippen LogP contribution is 2.55. The normalized spacial score (nSPS) is 12.1. The first-order chi connectivity index (χ1) is 12.0. The van der Waals surface area contributed by atoms with E-state index in [1.54, 1.807) is 0 Å². The van der Waals surface area contributed by atoms with Gasteiger partial charge in [0.05, 0.1) is 0 Å². The minimum atomic E-state index is -2.88. The zero-order chi connectivity index (χ0) is 18.3. The molecule has 132 valence electrons. The van der Waals surface area contributed by atoms with Gasteiger partial charge < -0.3 is 4.57 Å². The average molecular weight is 352 g/mol. The summed E-state index contributed by atoms with van der Waals surface area (Å²) in [7, 11) is -2.88. The molecule has 0 bridgehead atoms. The Labute approximate surface area is 152 Å². The van der Waals surface area contributed by atoms with Gasteiger partial charge in [-0.1, -0.05) is 92.1 Å². The monoisotopic (exact) mass is 352 g/mol. The maximum absolute atomic E-state index is 14.6. The number of unbranched alkanes of at least 4 members (excludes halogenated alkanes) is 2. The molecule has 2 aromatic carbocycles. The average Bonchev–Trinajstić information content (AvgIpc) is 2.65. The summed E-state index contributed by atoms with van der Waals surface area (Å²) in [5.74, 6) is 0. The predicted octanol–water partition coefficient (Wildman–Crippen LogP) is 6.43. The minimum Gasteiger partial charge on any atom is -0.309 e. The van der Waals surface area contributed by atoms with Crippen LogP contribution >= 0.6 is 7.14 Å². The maximum Gasteiger partial charge on any atom is 0.170 e. The van der Waals surface area contributed by atoms with Gasteiger partial charge in [-0.15, -0.1) is 0 Å². The largest absolute Gasteiger partial charge is 0.309 e. The van der Waals surface area contributed by atoms with Crippen molar-refractivity contribution in [3.05, 3.63) is 83.2 Å².